The van der Waals surface area contributed by atoms with E-state index in [-0.39, 0.29) is 23.9 Å². The van der Waals surface area contributed by atoms with Crippen LogP contribution in [0.4, 0.5) is 5.69 Å². The van der Waals surface area contributed by atoms with E-state index in [4.69, 9.17) is 0 Å². The smallest absolute Gasteiger partial charge is 0.274 e. The average molecular weight is 314 g/mol. The average Bonchev–Trinajstić information content (AvgIpc) is 3.24. The molecule has 0 saturated carbocycles. The molecular formula is C15H14N4O2S. The summed E-state index contributed by atoms with van der Waals surface area (Å²) in [7, 11) is 0. The summed E-state index contributed by atoms with van der Waals surface area (Å²) in [5.41, 5.74) is 1.28. The number of thiophene rings is 1. The van der Waals surface area contributed by atoms with Gasteiger partial charge in [-0.15, -0.1) is 0 Å². The summed E-state index contributed by atoms with van der Waals surface area (Å²) < 4.78 is 0. The molecule has 4 rings (SSSR count). The zero-order valence-corrected chi connectivity index (χ0v) is 12.6. The number of carbonyl (C=O) groups is 2. The van der Waals surface area contributed by atoms with Gasteiger partial charge in [0.1, 0.15) is 5.69 Å². The highest BCUT2D eigenvalue weighted by atomic mass is 32.1. The van der Waals surface area contributed by atoms with Crippen molar-refractivity contribution in [2.24, 2.45) is 0 Å². The van der Waals surface area contributed by atoms with E-state index in [1.165, 1.54) is 12.4 Å². The molecule has 112 valence electrons. The molecule has 0 bridgehead atoms. The number of rotatable bonds is 2. The van der Waals surface area contributed by atoms with Crippen LogP contribution in [0.1, 0.15) is 23.3 Å². The molecule has 0 aromatic carbocycles. The molecule has 0 spiro atoms. The van der Waals surface area contributed by atoms with Crippen LogP contribution in [0.15, 0.2) is 35.4 Å². The van der Waals surface area contributed by atoms with Crippen LogP contribution in [0.25, 0.3) is 0 Å². The fourth-order valence-corrected chi connectivity index (χ4v) is 4.01. The van der Waals surface area contributed by atoms with Crippen molar-refractivity contribution >= 4 is 28.8 Å². The third-order valence-electron chi connectivity index (χ3n) is 4.32. The Hall–Kier alpha value is -2.28. The van der Waals surface area contributed by atoms with Crippen LogP contribution in [-0.2, 0) is 4.79 Å². The summed E-state index contributed by atoms with van der Waals surface area (Å²) in [5, 5.41) is 3.95. The van der Waals surface area contributed by atoms with Crippen LogP contribution in [0.2, 0.25) is 0 Å². The fraction of sp³-hybridized carbons (Fsp3) is 0.333. The van der Waals surface area contributed by atoms with Gasteiger partial charge in [-0.2, -0.15) is 11.3 Å². The third-order valence-corrected chi connectivity index (χ3v) is 4.99. The molecule has 2 aromatic rings. The van der Waals surface area contributed by atoms with E-state index in [0.29, 0.717) is 18.7 Å². The maximum atomic E-state index is 12.6. The molecule has 4 heterocycles. The van der Waals surface area contributed by atoms with Crippen LogP contribution >= 0.6 is 11.3 Å². The number of hydrogen-bond donors (Lipinski definition) is 0. The molecule has 2 fully saturated rings. The van der Waals surface area contributed by atoms with Gasteiger partial charge in [-0.1, -0.05) is 0 Å². The SMILES string of the molecule is O=C(c1cnccn1)N1CC[C@H]2[C@H]1CC(=O)N2c1ccsc1. The summed E-state index contributed by atoms with van der Waals surface area (Å²) in [6.07, 6.45) is 5.72. The minimum absolute atomic E-state index is 0.0677. The summed E-state index contributed by atoms with van der Waals surface area (Å²) >= 11 is 1.57. The topological polar surface area (TPSA) is 66.4 Å². The van der Waals surface area contributed by atoms with Crippen LogP contribution in [0.3, 0.4) is 0 Å². The van der Waals surface area contributed by atoms with Crippen LogP contribution in [0.5, 0.6) is 0 Å². The molecule has 2 aliphatic heterocycles. The van der Waals surface area contributed by atoms with Gasteiger partial charge in [-0.3, -0.25) is 14.6 Å². The Bertz CT molecular complexity index is 704. The van der Waals surface area contributed by atoms with Gasteiger partial charge in [-0.25, -0.2) is 4.98 Å². The number of nitrogens with zero attached hydrogens (tertiary/aromatic N) is 4. The third kappa shape index (κ3) is 2.00. The van der Waals surface area contributed by atoms with Crippen molar-refractivity contribution in [1.82, 2.24) is 14.9 Å². The minimum Gasteiger partial charge on any atom is -0.332 e. The van der Waals surface area contributed by atoms with Crippen LogP contribution in [-0.4, -0.2) is 45.3 Å². The molecule has 22 heavy (non-hydrogen) atoms. The maximum Gasteiger partial charge on any atom is 0.274 e. The van der Waals surface area contributed by atoms with E-state index in [1.54, 1.807) is 22.4 Å². The first-order valence-electron chi connectivity index (χ1n) is 7.17. The van der Waals surface area contributed by atoms with E-state index < -0.39 is 0 Å². The highest BCUT2D eigenvalue weighted by Crippen LogP contribution is 2.37. The molecule has 2 amide bonds. The van der Waals surface area contributed by atoms with Gasteiger partial charge in [0.15, 0.2) is 0 Å². The zero-order valence-electron chi connectivity index (χ0n) is 11.8. The molecule has 2 aliphatic rings. The van der Waals surface area contributed by atoms with E-state index >= 15 is 0 Å². The van der Waals surface area contributed by atoms with Crippen molar-refractivity contribution in [1.29, 1.82) is 0 Å². The van der Waals surface area contributed by atoms with Gasteiger partial charge in [0.2, 0.25) is 5.91 Å². The van der Waals surface area contributed by atoms with E-state index in [2.05, 4.69) is 9.97 Å². The van der Waals surface area contributed by atoms with E-state index in [1.807, 2.05) is 21.7 Å². The van der Waals surface area contributed by atoms with Crippen LogP contribution < -0.4 is 4.90 Å². The second-order valence-electron chi connectivity index (χ2n) is 5.46. The predicted octanol–water partition coefficient (Wildman–Crippen LogP) is 1.56. The van der Waals surface area contributed by atoms with Crippen molar-refractivity contribution in [2.75, 3.05) is 11.4 Å². The van der Waals surface area contributed by atoms with Gasteiger partial charge >= 0.3 is 0 Å². The molecule has 0 aliphatic carbocycles. The van der Waals surface area contributed by atoms with Gasteiger partial charge in [-0.05, 0) is 17.9 Å². The highest BCUT2D eigenvalue weighted by Gasteiger charge is 2.49. The van der Waals surface area contributed by atoms with Gasteiger partial charge in [0.05, 0.1) is 24.0 Å². The largest absolute Gasteiger partial charge is 0.332 e. The molecule has 0 unspecified atom stereocenters. The zero-order chi connectivity index (χ0) is 15.1. The molecule has 2 aromatic heterocycles. The van der Waals surface area contributed by atoms with Gasteiger partial charge < -0.3 is 9.80 Å². The van der Waals surface area contributed by atoms with Crippen LogP contribution in [0, 0.1) is 0 Å². The minimum atomic E-state index is -0.138. The van der Waals surface area contributed by atoms with Crippen molar-refractivity contribution in [3.8, 4) is 0 Å². The first-order chi connectivity index (χ1) is 10.8. The first-order valence-corrected chi connectivity index (χ1v) is 8.11. The quantitative estimate of drug-likeness (QED) is 0.844. The Kier molecular flexibility index (Phi) is 3.15. The molecule has 7 heteroatoms. The Balaban J connectivity index is 1.60. The molecule has 0 N–H and O–H groups in total. The maximum absolute atomic E-state index is 12.6. The molecule has 2 atom stereocenters. The number of amides is 2. The summed E-state index contributed by atoms with van der Waals surface area (Å²) in [6.45, 7) is 0.651. The van der Waals surface area contributed by atoms with Crippen molar-refractivity contribution in [2.45, 2.75) is 24.9 Å². The standard InChI is InChI=1S/C15H14N4O2S/c20-14-7-13-12(19(14)10-2-6-22-9-10)1-5-18(13)15(21)11-8-16-3-4-17-11/h2-4,6,8-9,12-13H,1,5,7H2/t12-,13+/m0/s1. The number of carbonyl (C=O) groups excluding carboxylic acids is 2. The van der Waals surface area contributed by atoms with Crippen molar-refractivity contribution in [3.63, 3.8) is 0 Å². The summed E-state index contributed by atoms with van der Waals surface area (Å²) in [5.74, 6) is -0.0504. The Morgan fingerprint density at radius 2 is 2.23 bits per heavy atom. The Morgan fingerprint density at radius 3 is 2.95 bits per heavy atom. The number of aromatic nitrogens is 2. The normalized spacial score (nSPS) is 23.9. The molecule has 2 saturated heterocycles. The Morgan fingerprint density at radius 1 is 1.32 bits per heavy atom. The lowest BCUT2D eigenvalue weighted by atomic mass is 10.1. The second kappa shape index (κ2) is 5.17. The van der Waals surface area contributed by atoms with E-state index in [9.17, 15) is 9.59 Å². The first kappa shape index (κ1) is 13.4. The van der Waals surface area contributed by atoms with Crippen molar-refractivity contribution < 1.29 is 9.59 Å². The van der Waals surface area contributed by atoms with Gasteiger partial charge in [0.25, 0.3) is 5.91 Å². The lowest BCUT2D eigenvalue weighted by Crippen LogP contribution is -2.40. The predicted molar refractivity (Wildman–Crippen MR) is 81.7 cm³/mol. The van der Waals surface area contributed by atoms with Gasteiger partial charge in [0, 0.05) is 30.7 Å². The number of likely N-dealkylation sites (tertiary alicyclic amines) is 1. The Labute approximate surface area is 131 Å². The molecule has 0 radical (unpaired) electrons. The summed E-state index contributed by atoms with van der Waals surface area (Å²) in [6, 6.07) is 1.96. The lowest BCUT2D eigenvalue weighted by molar-refractivity contribution is -0.117. The number of anilines is 1. The number of fused-ring (bicyclic) bond motifs is 1. The molecular weight excluding hydrogens is 300 g/mol. The summed E-state index contributed by atoms with van der Waals surface area (Å²) in [4.78, 5) is 36.6. The van der Waals surface area contributed by atoms with Crippen molar-refractivity contribution in [3.05, 3.63) is 41.1 Å². The highest BCUT2D eigenvalue weighted by molar-refractivity contribution is 7.08. The monoisotopic (exact) mass is 314 g/mol. The molecule has 6 nitrogen and oxygen atoms in total. The van der Waals surface area contributed by atoms with E-state index in [0.717, 1.165) is 12.1 Å². The lowest BCUT2D eigenvalue weighted by Gasteiger charge is -2.24. The number of hydrogen-bond acceptors (Lipinski definition) is 5. The fourth-order valence-electron chi connectivity index (χ4n) is 3.39. The second-order valence-corrected chi connectivity index (χ2v) is 6.24.